The molecule has 2 amide bonds. The summed E-state index contributed by atoms with van der Waals surface area (Å²) in [7, 11) is 0. The van der Waals surface area contributed by atoms with E-state index in [0.717, 1.165) is 17.5 Å². The molecule has 3 aliphatic rings. The molecule has 0 spiro atoms. The summed E-state index contributed by atoms with van der Waals surface area (Å²) in [6, 6.07) is 16.2. The lowest BCUT2D eigenvalue weighted by Gasteiger charge is -2.21. The van der Waals surface area contributed by atoms with Crippen molar-refractivity contribution in [3.63, 3.8) is 0 Å². The average Bonchev–Trinajstić information content (AvgIpc) is 3.27. The first-order chi connectivity index (χ1) is 16.4. The molecule has 34 heavy (non-hydrogen) atoms. The zero-order valence-corrected chi connectivity index (χ0v) is 19.3. The molecule has 7 nitrogen and oxygen atoms in total. The maximum atomic E-state index is 12.7. The van der Waals surface area contributed by atoms with Crippen molar-refractivity contribution in [2.24, 2.45) is 17.3 Å². The fourth-order valence-electron chi connectivity index (χ4n) is 5.86. The first-order valence-electron chi connectivity index (χ1n) is 12.1. The van der Waals surface area contributed by atoms with Crippen molar-refractivity contribution in [3.8, 4) is 11.1 Å². The average molecular weight is 463 g/mol. The number of carbonyl (C=O) groups is 3. The molecule has 0 bridgehead atoms. The second-order valence-electron chi connectivity index (χ2n) is 9.82. The van der Waals surface area contributed by atoms with Crippen molar-refractivity contribution in [1.82, 2.24) is 10.6 Å². The Morgan fingerprint density at radius 2 is 1.71 bits per heavy atom. The van der Waals surface area contributed by atoms with Gasteiger partial charge in [-0.3, -0.25) is 9.59 Å². The molecule has 0 aromatic heterocycles. The molecule has 3 N–H and O–H groups in total. The number of ether oxygens (including phenoxy) is 1. The summed E-state index contributed by atoms with van der Waals surface area (Å²) in [6.45, 7) is 2.30. The SMILES string of the molecule is CCC(CNC(=O)OCC1c2ccccc2-c2ccccc21)C(=O)NC1CC2CC2(C(=O)O)C1. The Balaban J connectivity index is 1.12. The fourth-order valence-corrected chi connectivity index (χ4v) is 5.86. The predicted molar refractivity (Wildman–Crippen MR) is 126 cm³/mol. The summed E-state index contributed by atoms with van der Waals surface area (Å²) in [4.78, 5) is 36.7. The van der Waals surface area contributed by atoms with E-state index in [9.17, 15) is 19.5 Å². The van der Waals surface area contributed by atoms with Gasteiger partial charge in [-0.1, -0.05) is 55.5 Å². The minimum Gasteiger partial charge on any atom is -0.481 e. The van der Waals surface area contributed by atoms with E-state index < -0.39 is 23.4 Å². The Morgan fingerprint density at radius 1 is 1.06 bits per heavy atom. The number of hydrogen-bond donors (Lipinski definition) is 3. The lowest BCUT2D eigenvalue weighted by Crippen LogP contribution is -2.43. The maximum absolute atomic E-state index is 12.7. The van der Waals surface area contributed by atoms with Crippen molar-refractivity contribution in [1.29, 1.82) is 0 Å². The number of fused-ring (bicyclic) bond motifs is 4. The summed E-state index contributed by atoms with van der Waals surface area (Å²) in [5.41, 5.74) is 4.01. The first-order valence-corrected chi connectivity index (χ1v) is 12.1. The molecule has 2 fully saturated rings. The minimum atomic E-state index is -0.752. The Labute approximate surface area is 198 Å². The van der Waals surface area contributed by atoms with Crippen molar-refractivity contribution in [2.45, 2.75) is 44.6 Å². The number of hydrogen-bond acceptors (Lipinski definition) is 4. The zero-order chi connectivity index (χ0) is 23.9. The van der Waals surface area contributed by atoms with E-state index in [1.54, 1.807) is 0 Å². The fraction of sp³-hybridized carbons (Fsp3) is 0.444. The van der Waals surface area contributed by atoms with Gasteiger partial charge in [0.15, 0.2) is 0 Å². The zero-order valence-electron chi connectivity index (χ0n) is 19.3. The molecule has 7 heteroatoms. The quantitative estimate of drug-likeness (QED) is 0.552. The second-order valence-corrected chi connectivity index (χ2v) is 9.82. The van der Waals surface area contributed by atoms with Crippen LogP contribution in [0.2, 0.25) is 0 Å². The van der Waals surface area contributed by atoms with Gasteiger partial charge in [0, 0.05) is 18.5 Å². The number of carbonyl (C=O) groups excluding carboxylic acids is 2. The van der Waals surface area contributed by atoms with Crippen LogP contribution >= 0.6 is 0 Å². The summed E-state index contributed by atoms with van der Waals surface area (Å²) in [5.74, 6) is -1.13. The van der Waals surface area contributed by atoms with Gasteiger partial charge in [0.2, 0.25) is 5.91 Å². The molecule has 0 saturated heterocycles. The molecule has 5 rings (SSSR count). The van der Waals surface area contributed by atoms with Gasteiger partial charge >= 0.3 is 12.1 Å². The Hall–Kier alpha value is -3.35. The van der Waals surface area contributed by atoms with Crippen LogP contribution in [-0.2, 0) is 14.3 Å². The van der Waals surface area contributed by atoms with Gasteiger partial charge in [-0.05, 0) is 53.9 Å². The monoisotopic (exact) mass is 462 g/mol. The molecular formula is C27H30N2O5. The van der Waals surface area contributed by atoms with E-state index in [1.807, 2.05) is 31.2 Å². The van der Waals surface area contributed by atoms with Crippen molar-refractivity contribution in [3.05, 3.63) is 59.7 Å². The predicted octanol–water partition coefficient (Wildman–Crippen LogP) is 3.92. The molecule has 3 aliphatic carbocycles. The van der Waals surface area contributed by atoms with Gasteiger partial charge in [-0.2, -0.15) is 0 Å². The first kappa shape index (κ1) is 22.4. The number of alkyl carbamates (subject to hydrolysis) is 1. The number of benzene rings is 2. The summed E-state index contributed by atoms with van der Waals surface area (Å²) in [5, 5.41) is 15.2. The number of carboxylic acid groups (broad SMARTS) is 1. The van der Waals surface area contributed by atoms with Gasteiger partial charge in [-0.25, -0.2) is 4.79 Å². The number of nitrogens with one attached hydrogen (secondary N) is 2. The number of aliphatic carboxylic acids is 1. The topological polar surface area (TPSA) is 105 Å². The van der Waals surface area contributed by atoms with Crippen LogP contribution in [0.25, 0.3) is 11.1 Å². The van der Waals surface area contributed by atoms with Gasteiger partial charge in [0.1, 0.15) is 6.61 Å². The molecule has 4 atom stereocenters. The maximum Gasteiger partial charge on any atom is 0.407 e. The lowest BCUT2D eigenvalue weighted by molar-refractivity contribution is -0.144. The molecule has 0 aliphatic heterocycles. The molecule has 2 saturated carbocycles. The summed E-state index contributed by atoms with van der Waals surface area (Å²) in [6.07, 6.45) is 1.95. The molecule has 0 heterocycles. The van der Waals surface area contributed by atoms with Gasteiger partial charge < -0.3 is 20.5 Å². The molecule has 2 aromatic carbocycles. The van der Waals surface area contributed by atoms with Crippen LogP contribution in [0.5, 0.6) is 0 Å². The van der Waals surface area contributed by atoms with Crippen LogP contribution in [-0.4, -0.2) is 42.3 Å². The molecule has 2 aromatic rings. The van der Waals surface area contributed by atoms with Gasteiger partial charge in [-0.15, -0.1) is 0 Å². The third-order valence-electron chi connectivity index (χ3n) is 7.88. The largest absolute Gasteiger partial charge is 0.481 e. The molecule has 0 radical (unpaired) electrons. The Kier molecular flexibility index (Phi) is 5.80. The lowest BCUT2D eigenvalue weighted by atomic mass is 9.98. The van der Waals surface area contributed by atoms with Crippen molar-refractivity contribution in [2.75, 3.05) is 13.2 Å². The van der Waals surface area contributed by atoms with E-state index in [1.165, 1.54) is 11.1 Å². The highest BCUT2D eigenvalue weighted by Gasteiger charge is 2.65. The number of amides is 2. The molecular weight excluding hydrogens is 432 g/mol. The van der Waals surface area contributed by atoms with Crippen LogP contribution < -0.4 is 10.6 Å². The van der Waals surface area contributed by atoms with Crippen molar-refractivity contribution < 1.29 is 24.2 Å². The Morgan fingerprint density at radius 3 is 2.29 bits per heavy atom. The van der Waals surface area contributed by atoms with Crippen LogP contribution in [0.4, 0.5) is 4.79 Å². The van der Waals surface area contributed by atoms with Gasteiger partial charge in [0.25, 0.3) is 0 Å². The van der Waals surface area contributed by atoms with Crippen molar-refractivity contribution >= 4 is 18.0 Å². The Bertz CT molecular complexity index is 1090. The van der Waals surface area contributed by atoms with Crippen LogP contribution in [0, 0.1) is 17.3 Å². The number of rotatable bonds is 8. The smallest absolute Gasteiger partial charge is 0.407 e. The van der Waals surface area contributed by atoms with Crippen LogP contribution in [0.15, 0.2) is 48.5 Å². The highest BCUT2D eigenvalue weighted by Crippen LogP contribution is 2.63. The normalized spacial score (nSPS) is 25.0. The minimum absolute atomic E-state index is 0.0150. The van der Waals surface area contributed by atoms with E-state index in [-0.39, 0.29) is 36.9 Å². The van der Waals surface area contributed by atoms with E-state index in [2.05, 4.69) is 34.9 Å². The standard InChI is InChI=1S/C27H30N2O5/c1-2-16(24(30)29-18-11-17-12-27(17,13-18)25(31)32)14-28-26(33)34-15-23-21-9-5-3-7-19(21)20-8-4-6-10-22(20)23/h3-10,16-18,23H,2,11-15H2,1H3,(H,28,33)(H,29,30)(H,31,32). The van der Waals surface area contributed by atoms with E-state index in [0.29, 0.717) is 19.3 Å². The van der Waals surface area contributed by atoms with Crippen LogP contribution in [0.3, 0.4) is 0 Å². The highest BCUT2D eigenvalue weighted by atomic mass is 16.5. The number of carboxylic acids is 1. The third kappa shape index (κ3) is 3.93. The van der Waals surface area contributed by atoms with Gasteiger partial charge in [0.05, 0.1) is 11.3 Å². The summed E-state index contributed by atoms with van der Waals surface area (Å²) < 4.78 is 5.56. The van der Waals surface area contributed by atoms with E-state index in [4.69, 9.17) is 4.74 Å². The van der Waals surface area contributed by atoms with E-state index >= 15 is 0 Å². The second kappa shape index (κ2) is 8.78. The highest BCUT2D eigenvalue weighted by molar-refractivity contribution is 5.82. The molecule has 178 valence electrons. The van der Waals surface area contributed by atoms with Crippen LogP contribution in [0.1, 0.15) is 49.7 Å². The molecule has 4 unspecified atom stereocenters. The summed E-state index contributed by atoms with van der Waals surface area (Å²) >= 11 is 0. The third-order valence-corrected chi connectivity index (χ3v) is 7.88.